The van der Waals surface area contributed by atoms with Crippen LogP contribution in [0.4, 0.5) is 0 Å². The molecule has 1 heterocycles. The molecular weight excluding hydrogens is 252 g/mol. The van der Waals surface area contributed by atoms with E-state index in [2.05, 4.69) is 10.3 Å². The highest BCUT2D eigenvalue weighted by atomic mass is 16.3. The minimum absolute atomic E-state index is 0.210. The van der Waals surface area contributed by atoms with E-state index in [0.717, 1.165) is 16.8 Å². The molecule has 3 rings (SSSR count). The van der Waals surface area contributed by atoms with Gasteiger partial charge in [0, 0.05) is 18.3 Å². The topological polar surface area (TPSA) is 62.2 Å². The lowest BCUT2D eigenvalue weighted by atomic mass is 10.1. The van der Waals surface area contributed by atoms with Crippen molar-refractivity contribution in [1.29, 1.82) is 0 Å². The highest BCUT2D eigenvalue weighted by Gasteiger charge is 2.31. The first-order valence-electron chi connectivity index (χ1n) is 6.64. The summed E-state index contributed by atoms with van der Waals surface area (Å²) in [6.07, 6.45) is 1.56. The number of aliphatic hydroxyl groups excluding tert-OH is 1. The van der Waals surface area contributed by atoms with E-state index in [1.807, 2.05) is 31.2 Å². The van der Waals surface area contributed by atoms with Crippen LogP contribution in [0, 0.1) is 6.92 Å². The monoisotopic (exact) mass is 268 g/mol. The highest BCUT2D eigenvalue weighted by Crippen LogP contribution is 2.31. The molecule has 2 N–H and O–H groups in total. The van der Waals surface area contributed by atoms with Gasteiger partial charge < -0.3 is 10.4 Å². The van der Waals surface area contributed by atoms with Crippen molar-refractivity contribution < 1.29 is 9.90 Å². The van der Waals surface area contributed by atoms with Crippen molar-refractivity contribution in [3.05, 3.63) is 65.0 Å². The SMILES string of the molecule is Cc1ccc(C(=O)N[C@@H]2c3ccccc3C[C@@H]2O)cn1. The van der Waals surface area contributed by atoms with E-state index >= 15 is 0 Å². The zero-order valence-electron chi connectivity index (χ0n) is 11.2. The average molecular weight is 268 g/mol. The van der Waals surface area contributed by atoms with Crippen LogP contribution in [0.25, 0.3) is 0 Å². The van der Waals surface area contributed by atoms with Crippen LogP contribution in [-0.4, -0.2) is 22.1 Å². The molecule has 0 fully saturated rings. The lowest BCUT2D eigenvalue weighted by molar-refractivity contribution is 0.0858. The fourth-order valence-corrected chi connectivity index (χ4v) is 2.57. The summed E-state index contributed by atoms with van der Waals surface area (Å²) in [6.45, 7) is 1.87. The molecular formula is C16H16N2O2. The van der Waals surface area contributed by atoms with Gasteiger partial charge in [0.05, 0.1) is 17.7 Å². The molecule has 4 nitrogen and oxygen atoms in total. The van der Waals surface area contributed by atoms with Crippen molar-refractivity contribution in [1.82, 2.24) is 10.3 Å². The molecule has 0 radical (unpaired) electrons. The Hall–Kier alpha value is -2.20. The summed E-state index contributed by atoms with van der Waals surface area (Å²) in [6, 6.07) is 11.0. The Morgan fingerprint density at radius 1 is 1.30 bits per heavy atom. The number of aryl methyl sites for hydroxylation is 1. The smallest absolute Gasteiger partial charge is 0.253 e. The number of pyridine rings is 1. The maximum absolute atomic E-state index is 12.2. The van der Waals surface area contributed by atoms with Crippen LogP contribution in [-0.2, 0) is 6.42 Å². The molecule has 0 unspecified atom stereocenters. The number of carbonyl (C=O) groups is 1. The Kier molecular flexibility index (Phi) is 3.24. The van der Waals surface area contributed by atoms with Crippen molar-refractivity contribution in [2.24, 2.45) is 0 Å². The van der Waals surface area contributed by atoms with Gasteiger partial charge in [0.1, 0.15) is 0 Å². The van der Waals surface area contributed by atoms with Crippen LogP contribution in [0.15, 0.2) is 42.6 Å². The first kappa shape index (κ1) is 12.8. The minimum atomic E-state index is -0.574. The molecule has 1 aliphatic carbocycles. The van der Waals surface area contributed by atoms with Crippen molar-refractivity contribution >= 4 is 5.91 Å². The Morgan fingerprint density at radius 3 is 2.85 bits per heavy atom. The maximum atomic E-state index is 12.2. The number of amides is 1. The lowest BCUT2D eigenvalue weighted by Crippen LogP contribution is -2.33. The summed E-state index contributed by atoms with van der Waals surface area (Å²) >= 11 is 0. The van der Waals surface area contributed by atoms with Gasteiger partial charge >= 0.3 is 0 Å². The Balaban J connectivity index is 1.81. The minimum Gasteiger partial charge on any atom is -0.390 e. The number of aromatic nitrogens is 1. The zero-order valence-corrected chi connectivity index (χ0v) is 11.2. The predicted octanol–water partition coefficient (Wildman–Crippen LogP) is 1.78. The number of hydrogen-bond acceptors (Lipinski definition) is 3. The molecule has 1 amide bonds. The quantitative estimate of drug-likeness (QED) is 0.872. The van der Waals surface area contributed by atoms with Gasteiger partial charge in [-0.1, -0.05) is 24.3 Å². The molecule has 0 saturated carbocycles. The zero-order chi connectivity index (χ0) is 14.1. The van der Waals surface area contributed by atoms with E-state index in [1.54, 1.807) is 18.3 Å². The van der Waals surface area contributed by atoms with Crippen LogP contribution in [0.3, 0.4) is 0 Å². The first-order valence-corrected chi connectivity index (χ1v) is 6.64. The second-order valence-corrected chi connectivity index (χ2v) is 5.11. The third kappa shape index (κ3) is 2.30. The number of rotatable bonds is 2. The standard InChI is InChI=1S/C16H16N2O2/c1-10-6-7-12(9-17-10)16(20)18-15-13-5-3-2-4-11(13)8-14(15)19/h2-7,9,14-15,19H,8H2,1H3,(H,18,20)/t14-,15+/m0/s1. The van der Waals surface area contributed by atoms with Gasteiger partial charge in [-0.15, -0.1) is 0 Å². The largest absolute Gasteiger partial charge is 0.390 e. The average Bonchev–Trinajstić information content (AvgIpc) is 2.76. The molecule has 0 spiro atoms. The second kappa shape index (κ2) is 5.06. The molecule has 2 atom stereocenters. The molecule has 1 aromatic heterocycles. The van der Waals surface area contributed by atoms with E-state index in [1.165, 1.54) is 0 Å². The number of hydrogen-bond donors (Lipinski definition) is 2. The van der Waals surface area contributed by atoms with Crippen LogP contribution < -0.4 is 5.32 Å². The lowest BCUT2D eigenvalue weighted by Gasteiger charge is -2.17. The summed E-state index contributed by atoms with van der Waals surface area (Å²) in [4.78, 5) is 16.3. The summed E-state index contributed by atoms with van der Waals surface area (Å²) in [7, 11) is 0. The van der Waals surface area contributed by atoms with Crippen LogP contribution >= 0.6 is 0 Å². The highest BCUT2D eigenvalue weighted by molar-refractivity contribution is 5.94. The van der Waals surface area contributed by atoms with Crippen molar-refractivity contribution in [3.8, 4) is 0 Å². The first-order chi connectivity index (χ1) is 9.65. The van der Waals surface area contributed by atoms with Gasteiger partial charge in [0.15, 0.2) is 0 Å². The third-order valence-electron chi connectivity index (χ3n) is 3.66. The fraction of sp³-hybridized carbons (Fsp3) is 0.250. The number of carbonyl (C=O) groups excluding carboxylic acids is 1. The Labute approximate surface area is 117 Å². The predicted molar refractivity (Wildman–Crippen MR) is 75.3 cm³/mol. The van der Waals surface area contributed by atoms with E-state index in [0.29, 0.717) is 12.0 Å². The summed E-state index contributed by atoms with van der Waals surface area (Å²) < 4.78 is 0. The van der Waals surface area contributed by atoms with Gasteiger partial charge in [0.2, 0.25) is 0 Å². The van der Waals surface area contributed by atoms with Gasteiger partial charge in [0.25, 0.3) is 5.91 Å². The Bertz CT molecular complexity index is 637. The van der Waals surface area contributed by atoms with E-state index in [9.17, 15) is 9.90 Å². The van der Waals surface area contributed by atoms with Crippen LogP contribution in [0.5, 0.6) is 0 Å². The number of aliphatic hydroxyl groups is 1. The summed E-state index contributed by atoms with van der Waals surface area (Å²) in [5.41, 5.74) is 3.46. The van der Waals surface area contributed by atoms with Crippen LogP contribution in [0.2, 0.25) is 0 Å². The molecule has 20 heavy (non-hydrogen) atoms. The molecule has 0 aliphatic heterocycles. The van der Waals surface area contributed by atoms with Crippen LogP contribution in [0.1, 0.15) is 33.2 Å². The molecule has 102 valence electrons. The van der Waals surface area contributed by atoms with Crippen molar-refractivity contribution in [2.45, 2.75) is 25.5 Å². The number of nitrogens with zero attached hydrogens (tertiary/aromatic N) is 1. The van der Waals surface area contributed by atoms with Gasteiger partial charge in [-0.25, -0.2) is 0 Å². The van der Waals surface area contributed by atoms with Gasteiger partial charge in [-0.05, 0) is 30.2 Å². The van der Waals surface area contributed by atoms with Gasteiger partial charge in [-0.3, -0.25) is 9.78 Å². The fourth-order valence-electron chi connectivity index (χ4n) is 2.57. The van der Waals surface area contributed by atoms with Crippen molar-refractivity contribution in [2.75, 3.05) is 0 Å². The molecule has 4 heteroatoms. The molecule has 1 aliphatic rings. The molecule has 0 bridgehead atoms. The van der Waals surface area contributed by atoms with Gasteiger partial charge in [-0.2, -0.15) is 0 Å². The molecule has 0 saturated heterocycles. The third-order valence-corrected chi connectivity index (χ3v) is 3.66. The number of benzene rings is 1. The summed E-state index contributed by atoms with van der Waals surface area (Å²) in [5, 5.41) is 13.0. The summed E-state index contributed by atoms with van der Waals surface area (Å²) in [5.74, 6) is -0.210. The Morgan fingerprint density at radius 2 is 2.10 bits per heavy atom. The molecule has 1 aromatic carbocycles. The second-order valence-electron chi connectivity index (χ2n) is 5.11. The van der Waals surface area contributed by atoms with Crippen molar-refractivity contribution in [3.63, 3.8) is 0 Å². The van der Waals surface area contributed by atoms with E-state index in [4.69, 9.17) is 0 Å². The van der Waals surface area contributed by atoms with E-state index in [-0.39, 0.29) is 11.9 Å². The van der Waals surface area contributed by atoms with E-state index < -0.39 is 6.10 Å². The normalized spacial score (nSPS) is 20.5. The number of fused-ring (bicyclic) bond motifs is 1. The molecule has 2 aromatic rings. The maximum Gasteiger partial charge on any atom is 0.253 e. The number of nitrogens with one attached hydrogen (secondary N) is 1.